The lowest BCUT2D eigenvalue weighted by atomic mass is 10.0. The first-order chi connectivity index (χ1) is 8.15. The maximum atomic E-state index is 6.17. The number of nitrogens with zero attached hydrogens (tertiary/aromatic N) is 2. The monoisotopic (exact) mass is 272 g/mol. The average Bonchev–Trinajstić information content (AvgIpc) is 2.48. The molecule has 0 spiro atoms. The molecule has 1 saturated heterocycles. The second-order valence-electron chi connectivity index (χ2n) is 4.91. The van der Waals surface area contributed by atoms with Crippen molar-refractivity contribution in [3.8, 4) is 0 Å². The highest BCUT2D eigenvalue weighted by Gasteiger charge is 2.15. The van der Waals surface area contributed by atoms with Crippen LogP contribution in [-0.2, 0) is 6.54 Å². The zero-order chi connectivity index (χ0) is 12.3. The molecule has 0 bridgehead atoms. The Balaban J connectivity index is 2.00. The summed E-state index contributed by atoms with van der Waals surface area (Å²) in [5, 5.41) is 1.19. The van der Waals surface area contributed by atoms with Gasteiger partial charge in [-0.2, -0.15) is 0 Å². The van der Waals surface area contributed by atoms with Crippen molar-refractivity contribution in [3.63, 3.8) is 0 Å². The predicted octanol–water partition coefficient (Wildman–Crippen LogP) is 4.01. The first-order valence-corrected chi connectivity index (χ1v) is 6.93. The van der Waals surface area contributed by atoms with Crippen molar-refractivity contribution in [2.45, 2.75) is 32.7 Å². The van der Waals surface area contributed by atoms with Crippen LogP contribution in [0.25, 0.3) is 0 Å². The van der Waals surface area contributed by atoms with Gasteiger partial charge in [0.1, 0.15) is 5.15 Å². The fourth-order valence-corrected chi connectivity index (χ4v) is 2.70. The summed E-state index contributed by atoms with van der Waals surface area (Å²) in [5.74, 6) is 0.846. The summed E-state index contributed by atoms with van der Waals surface area (Å²) in [5.41, 5.74) is 1.07. The molecule has 1 aromatic rings. The van der Waals surface area contributed by atoms with Crippen molar-refractivity contribution >= 4 is 23.2 Å². The fraction of sp³-hybridized carbons (Fsp3) is 0.615. The van der Waals surface area contributed by atoms with E-state index in [9.17, 15) is 0 Å². The van der Waals surface area contributed by atoms with Gasteiger partial charge in [-0.3, -0.25) is 4.90 Å². The maximum Gasteiger partial charge on any atom is 0.130 e. The Hall–Kier alpha value is -0.310. The molecule has 0 saturated carbocycles. The molecule has 1 atom stereocenters. The predicted molar refractivity (Wildman–Crippen MR) is 72.5 cm³/mol. The highest BCUT2D eigenvalue weighted by atomic mass is 35.5. The lowest BCUT2D eigenvalue weighted by Crippen LogP contribution is -2.24. The van der Waals surface area contributed by atoms with Crippen LogP contribution < -0.4 is 0 Å². The number of hydrogen-bond donors (Lipinski definition) is 0. The van der Waals surface area contributed by atoms with Gasteiger partial charge in [-0.1, -0.05) is 30.1 Å². The van der Waals surface area contributed by atoms with Gasteiger partial charge in [-0.15, -0.1) is 0 Å². The first kappa shape index (κ1) is 13.1. The van der Waals surface area contributed by atoms with Gasteiger partial charge in [0.15, 0.2) is 0 Å². The molecule has 17 heavy (non-hydrogen) atoms. The minimum Gasteiger partial charge on any atom is -0.299 e. The number of halogens is 2. The van der Waals surface area contributed by atoms with Crippen molar-refractivity contribution in [2.75, 3.05) is 13.1 Å². The maximum absolute atomic E-state index is 6.17. The van der Waals surface area contributed by atoms with Gasteiger partial charge in [-0.05, 0) is 44.3 Å². The van der Waals surface area contributed by atoms with E-state index < -0.39 is 0 Å². The molecule has 0 N–H and O–H groups in total. The molecule has 4 heteroatoms. The molecule has 2 heterocycles. The Morgan fingerprint density at radius 1 is 1.35 bits per heavy atom. The van der Waals surface area contributed by atoms with Gasteiger partial charge >= 0.3 is 0 Å². The Kier molecular flexibility index (Phi) is 4.66. The number of pyridine rings is 1. The quantitative estimate of drug-likeness (QED) is 0.757. The fourth-order valence-electron chi connectivity index (χ4n) is 2.27. The molecule has 1 aromatic heterocycles. The van der Waals surface area contributed by atoms with E-state index in [0.29, 0.717) is 5.15 Å². The smallest absolute Gasteiger partial charge is 0.130 e. The zero-order valence-corrected chi connectivity index (χ0v) is 11.6. The molecule has 1 fully saturated rings. The Morgan fingerprint density at radius 3 is 2.94 bits per heavy atom. The van der Waals surface area contributed by atoms with Gasteiger partial charge in [0.05, 0.1) is 0 Å². The lowest BCUT2D eigenvalue weighted by molar-refractivity contribution is 0.273. The van der Waals surface area contributed by atoms with Crippen LogP contribution in [0.3, 0.4) is 0 Å². The van der Waals surface area contributed by atoms with E-state index in [1.165, 1.54) is 19.3 Å². The SMILES string of the molecule is CC1CCCN(Cc2cnc(Cl)cc2Cl)CC1. The Bertz CT molecular complexity index is 382. The molecular weight excluding hydrogens is 255 g/mol. The van der Waals surface area contributed by atoms with Gasteiger partial charge in [0.25, 0.3) is 0 Å². The second-order valence-corrected chi connectivity index (χ2v) is 5.71. The van der Waals surface area contributed by atoms with E-state index in [0.717, 1.165) is 36.1 Å². The van der Waals surface area contributed by atoms with Crippen LogP contribution in [0.5, 0.6) is 0 Å². The van der Waals surface area contributed by atoms with Crippen LogP contribution >= 0.6 is 23.2 Å². The molecule has 2 nitrogen and oxygen atoms in total. The van der Waals surface area contributed by atoms with Crippen molar-refractivity contribution in [2.24, 2.45) is 5.92 Å². The summed E-state index contributed by atoms with van der Waals surface area (Å²) in [6.45, 7) is 5.53. The lowest BCUT2D eigenvalue weighted by Gasteiger charge is -2.20. The Labute approximate surface area is 113 Å². The molecule has 0 aliphatic carbocycles. The van der Waals surface area contributed by atoms with Crippen molar-refractivity contribution in [1.82, 2.24) is 9.88 Å². The van der Waals surface area contributed by atoms with Gasteiger partial charge < -0.3 is 0 Å². The third-order valence-electron chi connectivity index (χ3n) is 3.40. The minimum absolute atomic E-state index is 0.461. The molecule has 1 aliphatic rings. The zero-order valence-electron chi connectivity index (χ0n) is 10.1. The average molecular weight is 273 g/mol. The Morgan fingerprint density at radius 2 is 2.18 bits per heavy atom. The number of aromatic nitrogens is 1. The van der Waals surface area contributed by atoms with Gasteiger partial charge in [-0.25, -0.2) is 4.98 Å². The first-order valence-electron chi connectivity index (χ1n) is 6.17. The van der Waals surface area contributed by atoms with Crippen molar-refractivity contribution in [1.29, 1.82) is 0 Å². The molecule has 1 aliphatic heterocycles. The molecule has 1 unspecified atom stereocenters. The molecule has 2 rings (SSSR count). The summed E-state index contributed by atoms with van der Waals surface area (Å²) in [7, 11) is 0. The van der Waals surface area contributed by atoms with Crippen LogP contribution in [0.1, 0.15) is 31.7 Å². The molecule has 0 amide bonds. The molecule has 0 aromatic carbocycles. The third-order valence-corrected chi connectivity index (χ3v) is 3.96. The van der Waals surface area contributed by atoms with Crippen molar-refractivity contribution in [3.05, 3.63) is 28.0 Å². The van der Waals surface area contributed by atoms with Crippen molar-refractivity contribution < 1.29 is 0 Å². The molecule has 94 valence electrons. The van der Waals surface area contributed by atoms with Crippen LogP contribution in [0, 0.1) is 5.92 Å². The van der Waals surface area contributed by atoms with E-state index in [2.05, 4.69) is 16.8 Å². The van der Waals surface area contributed by atoms with E-state index >= 15 is 0 Å². The summed E-state index contributed by atoms with van der Waals surface area (Å²) >= 11 is 12.0. The number of rotatable bonds is 2. The highest BCUT2D eigenvalue weighted by molar-refractivity contribution is 6.34. The largest absolute Gasteiger partial charge is 0.299 e. The second kappa shape index (κ2) is 6.03. The normalized spacial score (nSPS) is 22.4. The number of hydrogen-bond acceptors (Lipinski definition) is 2. The van der Waals surface area contributed by atoms with Gasteiger partial charge in [0.2, 0.25) is 0 Å². The summed E-state index contributed by atoms with van der Waals surface area (Å²) < 4.78 is 0. The summed E-state index contributed by atoms with van der Waals surface area (Å²) in [4.78, 5) is 6.56. The van der Waals surface area contributed by atoms with E-state index in [1.807, 2.05) is 0 Å². The molecule has 0 radical (unpaired) electrons. The van der Waals surface area contributed by atoms with E-state index in [4.69, 9.17) is 23.2 Å². The van der Waals surface area contributed by atoms with E-state index in [-0.39, 0.29) is 0 Å². The summed E-state index contributed by atoms with van der Waals surface area (Å²) in [6, 6.07) is 1.72. The van der Waals surface area contributed by atoms with Crippen LogP contribution in [0.15, 0.2) is 12.3 Å². The van der Waals surface area contributed by atoms with E-state index in [1.54, 1.807) is 12.3 Å². The third kappa shape index (κ3) is 3.84. The van der Waals surface area contributed by atoms with Crippen LogP contribution in [-0.4, -0.2) is 23.0 Å². The summed E-state index contributed by atoms with van der Waals surface area (Å²) in [6.07, 6.45) is 5.68. The van der Waals surface area contributed by atoms with Crippen LogP contribution in [0.4, 0.5) is 0 Å². The molecular formula is C13H18Cl2N2. The minimum atomic E-state index is 0.461. The highest BCUT2D eigenvalue weighted by Crippen LogP contribution is 2.22. The van der Waals surface area contributed by atoms with Gasteiger partial charge in [0, 0.05) is 23.3 Å². The topological polar surface area (TPSA) is 16.1 Å². The number of likely N-dealkylation sites (tertiary alicyclic amines) is 1. The standard InChI is InChI=1S/C13H18Cl2N2/c1-10-3-2-5-17(6-4-10)9-11-8-16-13(15)7-12(11)14/h7-8,10H,2-6,9H2,1H3. The van der Waals surface area contributed by atoms with Crippen LogP contribution in [0.2, 0.25) is 10.2 Å².